The van der Waals surface area contributed by atoms with Crippen LogP contribution in [-0.4, -0.2) is 4.92 Å². The monoisotopic (exact) mass is 192 g/mol. The quantitative estimate of drug-likeness (QED) is 0.453. The number of rotatable bonds is 3. The Morgan fingerprint density at radius 3 is 2.79 bits per heavy atom. The lowest BCUT2D eigenvalue weighted by Gasteiger charge is -2.08. The SMILES string of the molecule is C=C[C@@H](N)c1cccc(C)c1[N+](=O)[O-]. The number of para-hydroxylation sites is 1. The summed E-state index contributed by atoms with van der Waals surface area (Å²) in [6.07, 6.45) is 1.49. The highest BCUT2D eigenvalue weighted by molar-refractivity contribution is 5.49. The third-order valence-electron chi connectivity index (χ3n) is 2.06. The lowest BCUT2D eigenvalue weighted by atomic mass is 10.0. The van der Waals surface area contributed by atoms with Crippen LogP contribution >= 0.6 is 0 Å². The van der Waals surface area contributed by atoms with E-state index in [1.165, 1.54) is 6.08 Å². The topological polar surface area (TPSA) is 69.2 Å². The van der Waals surface area contributed by atoms with Gasteiger partial charge in [0.05, 0.1) is 16.5 Å². The van der Waals surface area contributed by atoms with E-state index < -0.39 is 11.0 Å². The van der Waals surface area contributed by atoms with Crippen molar-refractivity contribution in [3.8, 4) is 0 Å². The van der Waals surface area contributed by atoms with E-state index in [4.69, 9.17) is 5.73 Å². The number of hydrogen-bond donors (Lipinski definition) is 1. The van der Waals surface area contributed by atoms with Gasteiger partial charge in [0.15, 0.2) is 0 Å². The van der Waals surface area contributed by atoms with Gasteiger partial charge in [-0.05, 0) is 6.92 Å². The van der Waals surface area contributed by atoms with Crippen LogP contribution in [0.15, 0.2) is 30.9 Å². The molecule has 0 heterocycles. The standard InChI is InChI=1S/C10H12N2O2/c1-3-9(11)8-6-4-5-7(2)10(8)12(13)14/h3-6,9H,1,11H2,2H3/t9-/m1/s1. The van der Waals surface area contributed by atoms with Crippen LogP contribution in [0.25, 0.3) is 0 Å². The zero-order valence-electron chi connectivity index (χ0n) is 7.93. The molecule has 4 heteroatoms. The second-order valence-corrected chi connectivity index (χ2v) is 3.03. The van der Waals surface area contributed by atoms with E-state index in [1.54, 1.807) is 25.1 Å². The Morgan fingerprint density at radius 1 is 1.64 bits per heavy atom. The Hall–Kier alpha value is -1.68. The van der Waals surface area contributed by atoms with E-state index in [1.807, 2.05) is 0 Å². The fraction of sp³-hybridized carbons (Fsp3) is 0.200. The van der Waals surface area contributed by atoms with Crippen LogP contribution in [0.1, 0.15) is 17.2 Å². The molecule has 14 heavy (non-hydrogen) atoms. The maximum absolute atomic E-state index is 10.8. The molecule has 0 aliphatic carbocycles. The van der Waals surface area contributed by atoms with Gasteiger partial charge in [-0.2, -0.15) is 0 Å². The van der Waals surface area contributed by atoms with E-state index in [-0.39, 0.29) is 5.69 Å². The van der Waals surface area contributed by atoms with Crippen molar-refractivity contribution in [1.82, 2.24) is 0 Å². The molecule has 0 aliphatic rings. The molecule has 0 fully saturated rings. The van der Waals surface area contributed by atoms with Crippen LogP contribution in [0.2, 0.25) is 0 Å². The van der Waals surface area contributed by atoms with Crippen LogP contribution in [0, 0.1) is 17.0 Å². The van der Waals surface area contributed by atoms with Crippen LogP contribution < -0.4 is 5.73 Å². The number of nitrogens with zero attached hydrogens (tertiary/aromatic N) is 1. The third-order valence-corrected chi connectivity index (χ3v) is 2.06. The lowest BCUT2D eigenvalue weighted by molar-refractivity contribution is -0.386. The summed E-state index contributed by atoms with van der Waals surface area (Å²) in [4.78, 5) is 10.4. The van der Waals surface area contributed by atoms with E-state index in [2.05, 4.69) is 6.58 Å². The van der Waals surface area contributed by atoms with Crippen LogP contribution in [0.3, 0.4) is 0 Å². The van der Waals surface area contributed by atoms with Crippen LogP contribution in [-0.2, 0) is 0 Å². The van der Waals surface area contributed by atoms with Crippen molar-refractivity contribution in [3.05, 3.63) is 52.1 Å². The summed E-state index contributed by atoms with van der Waals surface area (Å²) in [7, 11) is 0. The number of hydrogen-bond acceptors (Lipinski definition) is 3. The summed E-state index contributed by atoms with van der Waals surface area (Å²) in [6.45, 7) is 5.21. The van der Waals surface area contributed by atoms with Gasteiger partial charge < -0.3 is 5.73 Å². The van der Waals surface area contributed by atoms with E-state index >= 15 is 0 Å². The first kappa shape index (κ1) is 10.4. The van der Waals surface area contributed by atoms with Crippen molar-refractivity contribution < 1.29 is 4.92 Å². The molecule has 1 atom stereocenters. The Bertz CT molecular complexity index is 374. The molecule has 0 saturated carbocycles. The number of nitro groups is 1. The highest BCUT2D eigenvalue weighted by Crippen LogP contribution is 2.27. The number of benzene rings is 1. The zero-order chi connectivity index (χ0) is 10.7. The molecule has 0 aliphatic heterocycles. The summed E-state index contributed by atoms with van der Waals surface area (Å²) in [5.74, 6) is 0. The molecule has 4 nitrogen and oxygen atoms in total. The van der Waals surface area contributed by atoms with Gasteiger partial charge in [0, 0.05) is 5.56 Å². The molecule has 1 aromatic rings. The minimum absolute atomic E-state index is 0.0832. The predicted molar refractivity (Wildman–Crippen MR) is 55.0 cm³/mol. The summed E-state index contributed by atoms with van der Waals surface area (Å²) in [6, 6.07) is 4.60. The van der Waals surface area contributed by atoms with Crippen molar-refractivity contribution in [2.24, 2.45) is 5.73 Å². The Labute approximate surface area is 82.2 Å². The van der Waals surface area contributed by atoms with E-state index in [0.717, 1.165) is 0 Å². The van der Waals surface area contributed by atoms with Gasteiger partial charge in [0.2, 0.25) is 0 Å². The molecule has 0 saturated heterocycles. The molecular weight excluding hydrogens is 180 g/mol. The minimum atomic E-state index is -0.490. The van der Waals surface area contributed by atoms with Crippen molar-refractivity contribution in [2.45, 2.75) is 13.0 Å². The molecule has 0 spiro atoms. The highest BCUT2D eigenvalue weighted by Gasteiger charge is 2.19. The van der Waals surface area contributed by atoms with Crippen molar-refractivity contribution in [1.29, 1.82) is 0 Å². The second kappa shape index (κ2) is 4.02. The molecular formula is C10H12N2O2. The van der Waals surface area contributed by atoms with Gasteiger partial charge in [0.25, 0.3) is 5.69 Å². The van der Waals surface area contributed by atoms with Crippen molar-refractivity contribution in [2.75, 3.05) is 0 Å². The number of nitrogens with two attached hydrogens (primary N) is 1. The number of nitro benzene ring substituents is 1. The van der Waals surface area contributed by atoms with Crippen molar-refractivity contribution >= 4 is 5.69 Å². The Kier molecular flexibility index (Phi) is 2.99. The third kappa shape index (κ3) is 1.80. The normalized spacial score (nSPS) is 12.1. The molecule has 0 unspecified atom stereocenters. The first-order valence-electron chi connectivity index (χ1n) is 4.20. The highest BCUT2D eigenvalue weighted by atomic mass is 16.6. The lowest BCUT2D eigenvalue weighted by Crippen LogP contribution is -2.10. The van der Waals surface area contributed by atoms with Crippen LogP contribution in [0.4, 0.5) is 5.69 Å². The van der Waals surface area contributed by atoms with Crippen molar-refractivity contribution in [3.63, 3.8) is 0 Å². The van der Waals surface area contributed by atoms with Gasteiger partial charge >= 0.3 is 0 Å². The molecule has 0 bridgehead atoms. The minimum Gasteiger partial charge on any atom is -0.321 e. The fourth-order valence-corrected chi connectivity index (χ4v) is 1.33. The van der Waals surface area contributed by atoms with Gasteiger partial charge in [-0.25, -0.2) is 0 Å². The summed E-state index contributed by atoms with van der Waals surface area (Å²) >= 11 is 0. The molecule has 2 N–H and O–H groups in total. The number of aryl methyl sites for hydroxylation is 1. The van der Waals surface area contributed by atoms with Gasteiger partial charge in [-0.1, -0.05) is 24.3 Å². The average molecular weight is 192 g/mol. The van der Waals surface area contributed by atoms with Gasteiger partial charge in [-0.15, -0.1) is 6.58 Å². The smallest absolute Gasteiger partial charge is 0.277 e. The van der Waals surface area contributed by atoms with E-state index in [0.29, 0.717) is 11.1 Å². The maximum atomic E-state index is 10.8. The average Bonchev–Trinajstić information content (AvgIpc) is 2.15. The van der Waals surface area contributed by atoms with E-state index in [9.17, 15) is 10.1 Å². The summed E-state index contributed by atoms with van der Waals surface area (Å²) in [5, 5.41) is 10.8. The van der Waals surface area contributed by atoms with Gasteiger partial charge in [-0.3, -0.25) is 10.1 Å². The first-order chi connectivity index (χ1) is 6.57. The molecule has 0 aromatic heterocycles. The Balaban J connectivity index is 3.35. The second-order valence-electron chi connectivity index (χ2n) is 3.03. The summed E-state index contributed by atoms with van der Waals surface area (Å²) < 4.78 is 0. The maximum Gasteiger partial charge on any atom is 0.277 e. The molecule has 74 valence electrons. The fourth-order valence-electron chi connectivity index (χ4n) is 1.33. The van der Waals surface area contributed by atoms with Crippen LogP contribution in [0.5, 0.6) is 0 Å². The molecule has 1 rings (SSSR count). The first-order valence-corrected chi connectivity index (χ1v) is 4.20. The largest absolute Gasteiger partial charge is 0.321 e. The predicted octanol–water partition coefficient (Wildman–Crippen LogP) is 2.09. The Morgan fingerprint density at radius 2 is 2.29 bits per heavy atom. The summed E-state index contributed by atoms with van der Waals surface area (Å²) in [5.41, 5.74) is 6.88. The molecule has 1 aromatic carbocycles. The molecule has 0 amide bonds. The molecule has 0 radical (unpaired) electrons. The van der Waals surface area contributed by atoms with Gasteiger partial charge in [0.1, 0.15) is 0 Å². The zero-order valence-corrected chi connectivity index (χ0v) is 7.93.